The Labute approximate surface area is 101 Å². The number of hydrogen-bond acceptors (Lipinski definition) is 3. The molecule has 0 aliphatic carbocycles. The first-order valence-electron chi connectivity index (χ1n) is 4.77. The molecule has 16 heavy (non-hydrogen) atoms. The highest BCUT2D eigenvalue weighted by Crippen LogP contribution is 2.15. The lowest BCUT2D eigenvalue weighted by Crippen LogP contribution is -2.21. The molecule has 0 bridgehead atoms. The van der Waals surface area contributed by atoms with Gasteiger partial charge in [-0.25, -0.2) is 0 Å². The standard InChI is InChI=1S/C11H10BrNO3/c12-8-1-3-9(4-2-8)13-11(14)10-7-15-5-6-16-10/h1-4,7H,5-6H2,(H,13,14). The fraction of sp³-hybridized carbons (Fsp3) is 0.182. The summed E-state index contributed by atoms with van der Waals surface area (Å²) in [5.74, 6) is -0.101. The molecule has 1 aliphatic heterocycles. The van der Waals surface area contributed by atoms with E-state index in [1.807, 2.05) is 12.1 Å². The van der Waals surface area contributed by atoms with Gasteiger partial charge in [0.2, 0.25) is 5.76 Å². The number of anilines is 1. The van der Waals surface area contributed by atoms with Crippen molar-refractivity contribution in [1.82, 2.24) is 0 Å². The maximum absolute atomic E-state index is 11.7. The van der Waals surface area contributed by atoms with Crippen LogP contribution in [0.25, 0.3) is 0 Å². The average Bonchev–Trinajstić information content (AvgIpc) is 2.33. The van der Waals surface area contributed by atoms with Crippen LogP contribution < -0.4 is 5.32 Å². The van der Waals surface area contributed by atoms with Crippen LogP contribution in [0.2, 0.25) is 0 Å². The molecule has 0 atom stereocenters. The van der Waals surface area contributed by atoms with Gasteiger partial charge in [-0.2, -0.15) is 0 Å². The highest BCUT2D eigenvalue weighted by Gasteiger charge is 2.14. The lowest BCUT2D eigenvalue weighted by atomic mass is 10.3. The van der Waals surface area contributed by atoms with Crippen molar-refractivity contribution < 1.29 is 14.3 Å². The normalized spacial score (nSPS) is 14.4. The van der Waals surface area contributed by atoms with Crippen molar-refractivity contribution >= 4 is 27.5 Å². The van der Waals surface area contributed by atoms with E-state index in [0.29, 0.717) is 18.9 Å². The monoisotopic (exact) mass is 283 g/mol. The number of halogens is 1. The smallest absolute Gasteiger partial charge is 0.294 e. The van der Waals surface area contributed by atoms with Gasteiger partial charge < -0.3 is 14.8 Å². The summed E-state index contributed by atoms with van der Waals surface area (Å²) in [4.78, 5) is 11.7. The first-order chi connectivity index (χ1) is 7.75. The van der Waals surface area contributed by atoms with E-state index in [1.54, 1.807) is 12.1 Å². The van der Waals surface area contributed by atoms with Crippen molar-refractivity contribution in [2.24, 2.45) is 0 Å². The predicted octanol–water partition coefficient (Wildman–Crippen LogP) is 2.28. The van der Waals surface area contributed by atoms with E-state index >= 15 is 0 Å². The third-order valence-electron chi connectivity index (χ3n) is 1.98. The maximum atomic E-state index is 11.7. The van der Waals surface area contributed by atoms with E-state index in [9.17, 15) is 4.79 Å². The number of nitrogens with one attached hydrogen (secondary N) is 1. The van der Waals surface area contributed by atoms with Crippen LogP contribution in [0.1, 0.15) is 0 Å². The molecule has 4 nitrogen and oxygen atoms in total. The van der Waals surface area contributed by atoms with Crippen LogP contribution in [-0.2, 0) is 14.3 Å². The Morgan fingerprint density at radius 3 is 2.62 bits per heavy atom. The zero-order valence-corrected chi connectivity index (χ0v) is 9.99. The third kappa shape index (κ3) is 2.76. The van der Waals surface area contributed by atoms with Crippen molar-refractivity contribution in [3.05, 3.63) is 40.8 Å². The number of amides is 1. The molecule has 2 rings (SSSR count). The Hall–Kier alpha value is -1.49. The van der Waals surface area contributed by atoms with Gasteiger partial charge in [0.1, 0.15) is 19.5 Å². The summed E-state index contributed by atoms with van der Waals surface area (Å²) in [6.07, 6.45) is 1.33. The molecule has 0 spiro atoms. The molecule has 1 N–H and O–H groups in total. The average molecular weight is 284 g/mol. The number of ether oxygens (including phenoxy) is 2. The summed E-state index contributed by atoms with van der Waals surface area (Å²) in [7, 11) is 0. The molecule has 5 heteroatoms. The molecule has 84 valence electrons. The quantitative estimate of drug-likeness (QED) is 0.906. The Balaban J connectivity index is 2.01. The first kappa shape index (κ1) is 11.0. The minimum Gasteiger partial charge on any atom is -0.494 e. The lowest BCUT2D eigenvalue weighted by molar-refractivity contribution is -0.117. The van der Waals surface area contributed by atoms with Crippen LogP contribution in [0.3, 0.4) is 0 Å². The van der Waals surface area contributed by atoms with Crippen LogP contribution in [-0.4, -0.2) is 19.1 Å². The molecule has 0 aromatic heterocycles. The van der Waals surface area contributed by atoms with Gasteiger partial charge in [-0.1, -0.05) is 15.9 Å². The number of rotatable bonds is 2. The van der Waals surface area contributed by atoms with Crippen LogP contribution in [0, 0.1) is 0 Å². The summed E-state index contributed by atoms with van der Waals surface area (Å²) in [6, 6.07) is 7.29. The van der Waals surface area contributed by atoms with Gasteiger partial charge >= 0.3 is 0 Å². The first-order valence-corrected chi connectivity index (χ1v) is 5.56. The van der Waals surface area contributed by atoms with Gasteiger partial charge in [0.25, 0.3) is 5.91 Å². The molecule has 0 unspecified atom stereocenters. The second kappa shape index (κ2) is 5.03. The highest BCUT2D eigenvalue weighted by molar-refractivity contribution is 9.10. The summed E-state index contributed by atoms with van der Waals surface area (Å²) < 4.78 is 11.1. The van der Waals surface area contributed by atoms with E-state index in [0.717, 1.165) is 4.47 Å². The molecule has 1 aromatic carbocycles. The predicted molar refractivity (Wildman–Crippen MR) is 62.8 cm³/mol. The van der Waals surface area contributed by atoms with Crippen LogP contribution in [0.4, 0.5) is 5.69 Å². The Bertz CT molecular complexity index is 414. The number of carbonyl (C=O) groups is 1. The molecule has 1 aromatic rings. The zero-order chi connectivity index (χ0) is 11.4. The summed E-state index contributed by atoms with van der Waals surface area (Å²) in [5, 5.41) is 2.71. The molecule has 1 amide bonds. The fourth-order valence-corrected chi connectivity index (χ4v) is 1.48. The maximum Gasteiger partial charge on any atom is 0.294 e. The Morgan fingerprint density at radius 2 is 2.00 bits per heavy atom. The van der Waals surface area contributed by atoms with Gasteiger partial charge in [-0.15, -0.1) is 0 Å². The van der Waals surface area contributed by atoms with Gasteiger partial charge in [0.05, 0.1) is 0 Å². The highest BCUT2D eigenvalue weighted by atomic mass is 79.9. The van der Waals surface area contributed by atoms with Crippen molar-refractivity contribution in [3.63, 3.8) is 0 Å². The Kier molecular flexibility index (Phi) is 3.46. The topological polar surface area (TPSA) is 47.6 Å². The Morgan fingerprint density at radius 1 is 1.25 bits per heavy atom. The van der Waals surface area contributed by atoms with Crippen molar-refractivity contribution in [2.45, 2.75) is 0 Å². The number of carbonyl (C=O) groups excluding carboxylic acids is 1. The van der Waals surface area contributed by atoms with E-state index in [4.69, 9.17) is 9.47 Å². The van der Waals surface area contributed by atoms with Crippen molar-refractivity contribution in [2.75, 3.05) is 18.5 Å². The second-order valence-electron chi connectivity index (χ2n) is 3.16. The van der Waals surface area contributed by atoms with E-state index in [2.05, 4.69) is 21.2 Å². The lowest BCUT2D eigenvalue weighted by Gasteiger charge is -2.14. The molecule has 0 fully saturated rings. The SMILES string of the molecule is O=C(Nc1ccc(Br)cc1)C1=COCCO1. The van der Waals surface area contributed by atoms with Crippen LogP contribution >= 0.6 is 15.9 Å². The summed E-state index contributed by atoms with van der Waals surface area (Å²) >= 11 is 3.32. The molecular formula is C11H10BrNO3. The minimum atomic E-state index is -0.304. The van der Waals surface area contributed by atoms with E-state index in [1.165, 1.54) is 6.26 Å². The zero-order valence-electron chi connectivity index (χ0n) is 8.40. The van der Waals surface area contributed by atoms with E-state index < -0.39 is 0 Å². The van der Waals surface area contributed by atoms with Gasteiger partial charge in [-0.3, -0.25) is 4.79 Å². The van der Waals surface area contributed by atoms with Crippen molar-refractivity contribution in [3.8, 4) is 0 Å². The van der Waals surface area contributed by atoms with Crippen LogP contribution in [0.5, 0.6) is 0 Å². The second-order valence-corrected chi connectivity index (χ2v) is 4.08. The molecule has 0 saturated carbocycles. The molecule has 0 radical (unpaired) electrons. The van der Waals surface area contributed by atoms with Gasteiger partial charge in [-0.05, 0) is 24.3 Å². The van der Waals surface area contributed by atoms with Gasteiger partial charge in [0.15, 0.2) is 0 Å². The largest absolute Gasteiger partial charge is 0.494 e. The van der Waals surface area contributed by atoms with Gasteiger partial charge in [0, 0.05) is 10.2 Å². The fourth-order valence-electron chi connectivity index (χ4n) is 1.21. The molecule has 0 saturated heterocycles. The number of benzene rings is 1. The summed E-state index contributed by atoms with van der Waals surface area (Å²) in [6.45, 7) is 0.884. The van der Waals surface area contributed by atoms with Crippen molar-refractivity contribution in [1.29, 1.82) is 0 Å². The van der Waals surface area contributed by atoms with E-state index in [-0.39, 0.29) is 11.7 Å². The molecule has 1 heterocycles. The number of hydrogen-bond donors (Lipinski definition) is 1. The molecular weight excluding hydrogens is 274 g/mol. The minimum absolute atomic E-state index is 0.203. The van der Waals surface area contributed by atoms with Crippen LogP contribution in [0.15, 0.2) is 40.8 Å². The molecule has 1 aliphatic rings. The summed E-state index contributed by atoms with van der Waals surface area (Å²) in [5.41, 5.74) is 0.711. The third-order valence-corrected chi connectivity index (χ3v) is 2.50.